The maximum absolute atomic E-state index is 12.4. The number of amides is 1. The third-order valence-corrected chi connectivity index (χ3v) is 3.93. The van der Waals surface area contributed by atoms with Crippen LogP contribution in [0.15, 0.2) is 35.4 Å². The number of rotatable bonds is 3. The molecule has 6 nitrogen and oxygen atoms in total. The quantitative estimate of drug-likeness (QED) is 0.625. The van der Waals surface area contributed by atoms with E-state index in [-0.39, 0.29) is 18.1 Å². The van der Waals surface area contributed by atoms with Crippen LogP contribution in [-0.2, 0) is 9.53 Å². The fraction of sp³-hybridized carbons (Fsp3) is 0.333. The molecule has 1 aromatic rings. The van der Waals surface area contributed by atoms with Crippen LogP contribution in [0.1, 0.15) is 5.56 Å². The summed E-state index contributed by atoms with van der Waals surface area (Å²) >= 11 is 0. The zero-order chi connectivity index (χ0) is 16.9. The van der Waals surface area contributed by atoms with E-state index in [4.69, 9.17) is 14.2 Å². The second-order valence-electron chi connectivity index (χ2n) is 5.46. The van der Waals surface area contributed by atoms with Crippen LogP contribution in [-0.4, -0.2) is 50.8 Å². The van der Waals surface area contributed by atoms with Gasteiger partial charge in [-0.15, -0.1) is 0 Å². The third kappa shape index (κ3) is 3.26. The van der Waals surface area contributed by atoms with Gasteiger partial charge in [0.25, 0.3) is 5.91 Å². The van der Waals surface area contributed by atoms with Crippen molar-refractivity contribution in [2.24, 2.45) is 0 Å². The molecular weight excluding hydrogens is 308 g/mol. The number of carbonyl (C=O) groups excluding carboxylic acids is 1. The molecule has 124 valence electrons. The fourth-order valence-corrected chi connectivity index (χ4v) is 2.71. The van der Waals surface area contributed by atoms with Gasteiger partial charge in [-0.3, -0.25) is 4.79 Å². The molecule has 2 aliphatic rings. The number of hydrogen-bond donors (Lipinski definition) is 0. The molecular formula is C18H18N2O4. The molecule has 3 rings (SSSR count). The van der Waals surface area contributed by atoms with E-state index in [1.54, 1.807) is 18.1 Å². The van der Waals surface area contributed by atoms with Crippen LogP contribution in [0.2, 0.25) is 0 Å². The summed E-state index contributed by atoms with van der Waals surface area (Å²) < 4.78 is 16.2. The second kappa shape index (κ2) is 7.20. The van der Waals surface area contributed by atoms with Crippen LogP contribution in [0.25, 0.3) is 6.08 Å². The Hall–Kier alpha value is -2.78. The number of benzene rings is 1. The Morgan fingerprint density at radius 2 is 2.17 bits per heavy atom. The molecule has 0 saturated carbocycles. The van der Waals surface area contributed by atoms with Gasteiger partial charge in [-0.1, -0.05) is 12.1 Å². The summed E-state index contributed by atoms with van der Waals surface area (Å²) in [7, 11) is 1.59. The third-order valence-electron chi connectivity index (χ3n) is 3.93. The van der Waals surface area contributed by atoms with Gasteiger partial charge in [-0.25, -0.2) is 0 Å². The molecule has 2 aliphatic heterocycles. The minimum Gasteiger partial charge on any atom is -0.493 e. The summed E-state index contributed by atoms with van der Waals surface area (Å²) in [4.78, 5) is 14.1. The standard InChI is InChI=1S/C18H18N2O4/c1-22-16-4-2-3-14-9-13(12-24-17(14)16)10-15(11-19)18(21)20-5-7-23-8-6-20/h2-4,9-10H,5-8,12H2,1H3/b15-10-. The summed E-state index contributed by atoms with van der Waals surface area (Å²) in [5.74, 6) is 1.07. The molecule has 0 spiro atoms. The number of hydrogen-bond acceptors (Lipinski definition) is 5. The highest BCUT2D eigenvalue weighted by molar-refractivity contribution is 5.98. The van der Waals surface area contributed by atoms with Crippen molar-refractivity contribution in [2.75, 3.05) is 40.0 Å². The van der Waals surface area contributed by atoms with Gasteiger partial charge in [0, 0.05) is 18.7 Å². The topological polar surface area (TPSA) is 71.8 Å². The van der Waals surface area contributed by atoms with Crippen molar-refractivity contribution in [1.29, 1.82) is 5.26 Å². The number of para-hydroxylation sites is 1. The van der Waals surface area contributed by atoms with Gasteiger partial charge >= 0.3 is 0 Å². The lowest BCUT2D eigenvalue weighted by Gasteiger charge is -2.26. The minimum atomic E-state index is -0.266. The molecule has 1 aromatic carbocycles. The van der Waals surface area contributed by atoms with Gasteiger partial charge in [0.15, 0.2) is 11.5 Å². The van der Waals surface area contributed by atoms with Crippen molar-refractivity contribution in [2.45, 2.75) is 0 Å². The lowest BCUT2D eigenvalue weighted by atomic mass is 10.0. The van der Waals surface area contributed by atoms with Crippen LogP contribution in [0, 0.1) is 11.3 Å². The van der Waals surface area contributed by atoms with Crippen LogP contribution >= 0.6 is 0 Å². The summed E-state index contributed by atoms with van der Waals surface area (Å²) in [6.07, 6.45) is 3.51. The van der Waals surface area contributed by atoms with Crippen LogP contribution < -0.4 is 9.47 Å². The van der Waals surface area contributed by atoms with E-state index < -0.39 is 0 Å². The van der Waals surface area contributed by atoms with Gasteiger partial charge in [-0.05, 0) is 23.8 Å². The first kappa shape index (κ1) is 16.1. The molecule has 1 saturated heterocycles. The molecule has 2 heterocycles. The first-order valence-corrected chi connectivity index (χ1v) is 7.72. The van der Waals surface area contributed by atoms with Crippen molar-refractivity contribution >= 4 is 12.0 Å². The molecule has 0 aliphatic carbocycles. The maximum atomic E-state index is 12.4. The van der Waals surface area contributed by atoms with E-state index in [1.807, 2.05) is 30.3 Å². The molecule has 0 unspecified atom stereocenters. The Kier molecular flexibility index (Phi) is 4.82. The van der Waals surface area contributed by atoms with E-state index in [0.717, 1.165) is 11.1 Å². The Balaban J connectivity index is 1.85. The number of ether oxygens (including phenoxy) is 3. The van der Waals surface area contributed by atoms with Crippen molar-refractivity contribution in [3.63, 3.8) is 0 Å². The summed E-state index contributed by atoms with van der Waals surface area (Å²) in [6, 6.07) is 7.60. The fourth-order valence-electron chi connectivity index (χ4n) is 2.71. The van der Waals surface area contributed by atoms with E-state index in [9.17, 15) is 10.1 Å². The summed E-state index contributed by atoms with van der Waals surface area (Å²) in [5, 5.41) is 9.35. The Bertz CT molecular complexity index is 740. The minimum absolute atomic E-state index is 0.109. The summed E-state index contributed by atoms with van der Waals surface area (Å²) in [6.45, 7) is 2.31. The van der Waals surface area contributed by atoms with Crippen LogP contribution in [0.3, 0.4) is 0 Å². The number of nitrogens with zero attached hydrogens (tertiary/aromatic N) is 2. The molecule has 0 radical (unpaired) electrons. The molecule has 1 amide bonds. The molecule has 1 fully saturated rings. The zero-order valence-corrected chi connectivity index (χ0v) is 13.4. The van der Waals surface area contributed by atoms with E-state index in [2.05, 4.69) is 0 Å². The monoisotopic (exact) mass is 326 g/mol. The van der Waals surface area contributed by atoms with Gasteiger partial charge in [0.2, 0.25) is 0 Å². The Morgan fingerprint density at radius 3 is 2.88 bits per heavy atom. The SMILES string of the molecule is COc1cccc2c1OCC(/C=C(/C#N)C(=O)N1CCOCC1)=C2. The van der Waals surface area contributed by atoms with Crippen LogP contribution in [0.5, 0.6) is 11.5 Å². The van der Waals surface area contributed by atoms with Crippen molar-refractivity contribution in [1.82, 2.24) is 4.90 Å². The van der Waals surface area contributed by atoms with Crippen LogP contribution in [0.4, 0.5) is 0 Å². The highest BCUT2D eigenvalue weighted by Crippen LogP contribution is 2.35. The van der Waals surface area contributed by atoms with Crippen molar-refractivity contribution in [3.8, 4) is 17.6 Å². The number of methoxy groups -OCH3 is 1. The molecule has 0 bridgehead atoms. The molecule has 0 aromatic heterocycles. The second-order valence-corrected chi connectivity index (χ2v) is 5.46. The Morgan fingerprint density at radius 1 is 1.38 bits per heavy atom. The normalized spacial score (nSPS) is 17.2. The van der Waals surface area contributed by atoms with E-state index >= 15 is 0 Å². The predicted molar refractivity (Wildman–Crippen MR) is 87.6 cm³/mol. The van der Waals surface area contributed by atoms with Gasteiger partial charge < -0.3 is 19.1 Å². The molecule has 6 heteroatoms. The number of nitriles is 1. The molecule has 0 N–H and O–H groups in total. The summed E-state index contributed by atoms with van der Waals surface area (Å²) in [5.41, 5.74) is 1.75. The largest absolute Gasteiger partial charge is 0.493 e. The van der Waals surface area contributed by atoms with E-state index in [1.165, 1.54) is 0 Å². The zero-order valence-electron chi connectivity index (χ0n) is 13.4. The van der Waals surface area contributed by atoms with E-state index in [0.29, 0.717) is 37.8 Å². The van der Waals surface area contributed by atoms with Gasteiger partial charge in [0.05, 0.1) is 20.3 Å². The number of morpholine rings is 1. The van der Waals surface area contributed by atoms with Gasteiger partial charge in [0.1, 0.15) is 18.2 Å². The van der Waals surface area contributed by atoms with Gasteiger partial charge in [-0.2, -0.15) is 5.26 Å². The number of carbonyl (C=O) groups is 1. The van der Waals surface area contributed by atoms with Crippen molar-refractivity contribution in [3.05, 3.63) is 41.0 Å². The lowest BCUT2D eigenvalue weighted by Crippen LogP contribution is -2.41. The highest BCUT2D eigenvalue weighted by atomic mass is 16.5. The molecule has 24 heavy (non-hydrogen) atoms. The average molecular weight is 326 g/mol. The first-order valence-electron chi connectivity index (χ1n) is 7.72. The highest BCUT2D eigenvalue weighted by Gasteiger charge is 2.22. The number of fused-ring (bicyclic) bond motifs is 1. The molecule has 0 atom stereocenters. The predicted octanol–water partition coefficient (Wildman–Crippen LogP) is 1.78. The average Bonchev–Trinajstić information content (AvgIpc) is 2.65. The van der Waals surface area contributed by atoms with Crippen molar-refractivity contribution < 1.29 is 19.0 Å². The smallest absolute Gasteiger partial charge is 0.264 e. The first-order chi connectivity index (χ1) is 11.7. The lowest BCUT2D eigenvalue weighted by molar-refractivity contribution is -0.130. The maximum Gasteiger partial charge on any atom is 0.264 e. The Labute approximate surface area is 140 Å².